The molecule has 7 nitrogen and oxygen atoms in total. The van der Waals surface area contributed by atoms with Gasteiger partial charge in [-0.3, -0.25) is 19.7 Å². The Hall–Kier alpha value is -3.13. The van der Waals surface area contributed by atoms with Gasteiger partial charge in [-0.15, -0.1) is 0 Å². The number of nitro groups is 1. The van der Waals surface area contributed by atoms with Gasteiger partial charge in [0.05, 0.1) is 21.7 Å². The molecule has 1 aliphatic heterocycles. The van der Waals surface area contributed by atoms with Crippen molar-refractivity contribution in [1.82, 2.24) is 0 Å². The average Bonchev–Trinajstić information content (AvgIpc) is 2.78. The number of anilines is 1. The second kappa shape index (κ2) is 5.25. The van der Waals surface area contributed by atoms with E-state index in [1.54, 1.807) is 24.3 Å². The van der Waals surface area contributed by atoms with Crippen molar-refractivity contribution in [3.05, 3.63) is 69.3 Å². The molecular weight excluding hydrogens is 318 g/mol. The highest BCUT2D eigenvalue weighted by Crippen LogP contribution is 2.32. The van der Waals surface area contributed by atoms with Gasteiger partial charge >= 0.3 is 0 Å². The molecule has 2 N–H and O–H groups in total. The molecule has 0 spiro atoms. The SMILES string of the molecule is NC(=S)c1cc([N+](=O)[O-])ccc1N1C(=O)c2ccccc2C1=O. The van der Waals surface area contributed by atoms with Gasteiger partial charge in [-0.25, -0.2) is 4.90 Å². The summed E-state index contributed by atoms with van der Waals surface area (Å²) < 4.78 is 0. The van der Waals surface area contributed by atoms with E-state index in [4.69, 9.17) is 18.0 Å². The monoisotopic (exact) mass is 327 g/mol. The Morgan fingerprint density at radius 1 is 1.09 bits per heavy atom. The lowest BCUT2D eigenvalue weighted by atomic mass is 10.1. The number of nitrogens with zero attached hydrogens (tertiary/aromatic N) is 2. The van der Waals surface area contributed by atoms with Crippen LogP contribution in [0, 0.1) is 10.1 Å². The van der Waals surface area contributed by atoms with Crippen LogP contribution in [0.15, 0.2) is 42.5 Å². The van der Waals surface area contributed by atoms with Gasteiger partial charge in [0, 0.05) is 17.7 Å². The summed E-state index contributed by atoms with van der Waals surface area (Å²) in [5.74, 6) is -1.03. The van der Waals surface area contributed by atoms with Crippen molar-refractivity contribution >= 4 is 40.4 Å². The predicted molar refractivity (Wildman–Crippen MR) is 86.6 cm³/mol. The predicted octanol–water partition coefficient (Wildman–Crippen LogP) is 2.03. The molecule has 0 aliphatic carbocycles. The van der Waals surface area contributed by atoms with Crippen LogP contribution < -0.4 is 10.6 Å². The molecule has 8 heteroatoms. The minimum absolute atomic E-state index is 0.101. The first-order chi connectivity index (χ1) is 10.9. The van der Waals surface area contributed by atoms with Crippen LogP contribution in [0.25, 0.3) is 0 Å². The standard InChI is InChI=1S/C15H9N3O4S/c16-13(23)11-7-8(18(21)22)5-6-12(11)17-14(19)9-3-1-2-4-10(9)15(17)20/h1-7H,(H2,16,23). The van der Waals surface area contributed by atoms with Crippen molar-refractivity contribution < 1.29 is 14.5 Å². The van der Waals surface area contributed by atoms with Crippen molar-refractivity contribution in [3.8, 4) is 0 Å². The van der Waals surface area contributed by atoms with E-state index >= 15 is 0 Å². The van der Waals surface area contributed by atoms with Gasteiger partial charge in [0.1, 0.15) is 4.99 Å². The smallest absolute Gasteiger partial charge is 0.270 e. The van der Waals surface area contributed by atoms with E-state index in [0.29, 0.717) is 0 Å². The lowest BCUT2D eigenvalue weighted by Crippen LogP contribution is -2.31. The second-order valence-corrected chi connectivity index (χ2v) is 5.25. The molecule has 1 heterocycles. The summed E-state index contributed by atoms with van der Waals surface area (Å²) in [7, 11) is 0. The molecule has 3 rings (SSSR count). The molecule has 114 valence electrons. The van der Waals surface area contributed by atoms with Crippen molar-refractivity contribution in [2.24, 2.45) is 5.73 Å². The summed E-state index contributed by atoms with van der Waals surface area (Å²) >= 11 is 4.90. The molecule has 2 amide bonds. The first-order valence-corrected chi connectivity index (χ1v) is 6.88. The molecule has 0 saturated carbocycles. The van der Waals surface area contributed by atoms with Crippen LogP contribution in [-0.2, 0) is 0 Å². The molecule has 0 aromatic heterocycles. The van der Waals surface area contributed by atoms with Crippen LogP contribution in [0.3, 0.4) is 0 Å². The van der Waals surface area contributed by atoms with Crippen molar-refractivity contribution in [2.45, 2.75) is 0 Å². The molecule has 0 saturated heterocycles. The Kier molecular flexibility index (Phi) is 3.38. The highest BCUT2D eigenvalue weighted by Gasteiger charge is 2.37. The number of carbonyl (C=O) groups is 2. The molecule has 0 radical (unpaired) electrons. The summed E-state index contributed by atoms with van der Waals surface area (Å²) in [6.07, 6.45) is 0. The molecular formula is C15H9N3O4S. The zero-order valence-electron chi connectivity index (χ0n) is 11.6. The van der Waals surface area contributed by atoms with Gasteiger partial charge in [-0.2, -0.15) is 0 Å². The Morgan fingerprint density at radius 2 is 1.65 bits per heavy atom. The molecule has 0 unspecified atom stereocenters. The molecule has 23 heavy (non-hydrogen) atoms. The summed E-state index contributed by atoms with van der Waals surface area (Å²) in [6, 6.07) is 10.0. The van der Waals surface area contributed by atoms with Crippen molar-refractivity contribution in [1.29, 1.82) is 0 Å². The Balaban J connectivity index is 2.17. The molecule has 0 fully saturated rings. The first-order valence-electron chi connectivity index (χ1n) is 6.48. The van der Waals surface area contributed by atoms with Crippen LogP contribution in [0.2, 0.25) is 0 Å². The van der Waals surface area contributed by atoms with E-state index in [0.717, 1.165) is 11.0 Å². The lowest BCUT2D eigenvalue weighted by Gasteiger charge is -2.17. The van der Waals surface area contributed by atoms with Crippen molar-refractivity contribution in [2.75, 3.05) is 4.90 Å². The number of nitrogens with two attached hydrogens (primary N) is 1. The van der Waals surface area contributed by atoms with Crippen LogP contribution in [-0.4, -0.2) is 21.7 Å². The number of benzene rings is 2. The van der Waals surface area contributed by atoms with E-state index in [1.165, 1.54) is 12.1 Å². The molecule has 2 aromatic carbocycles. The van der Waals surface area contributed by atoms with Gasteiger partial charge in [-0.05, 0) is 18.2 Å². The minimum Gasteiger partial charge on any atom is -0.389 e. The quantitative estimate of drug-likeness (QED) is 0.400. The lowest BCUT2D eigenvalue weighted by molar-refractivity contribution is -0.384. The largest absolute Gasteiger partial charge is 0.389 e. The van der Waals surface area contributed by atoms with Crippen LogP contribution in [0.1, 0.15) is 26.3 Å². The number of nitro benzene ring substituents is 1. The number of carbonyl (C=O) groups excluding carboxylic acids is 2. The number of amides is 2. The van der Waals surface area contributed by atoms with Crippen molar-refractivity contribution in [3.63, 3.8) is 0 Å². The fourth-order valence-corrected chi connectivity index (χ4v) is 2.60. The molecule has 0 bridgehead atoms. The topological polar surface area (TPSA) is 107 Å². The van der Waals surface area contributed by atoms with Gasteiger partial charge in [-0.1, -0.05) is 24.4 Å². The Labute approximate surface area is 135 Å². The summed E-state index contributed by atoms with van der Waals surface area (Å²) in [5.41, 5.74) is 6.15. The molecule has 0 atom stereocenters. The van der Waals surface area contributed by atoms with Gasteiger partial charge in [0.15, 0.2) is 0 Å². The van der Waals surface area contributed by atoms with Crippen LogP contribution in [0.4, 0.5) is 11.4 Å². The normalized spacial score (nSPS) is 13.1. The second-order valence-electron chi connectivity index (χ2n) is 4.81. The van der Waals surface area contributed by atoms with E-state index in [1.807, 2.05) is 0 Å². The maximum Gasteiger partial charge on any atom is 0.270 e. The number of non-ortho nitro benzene ring substituents is 1. The van der Waals surface area contributed by atoms with Crippen LogP contribution >= 0.6 is 12.2 Å². The summed E-state index contributed by atoms with van der Waals surface area (Å²) in [4.78, 5) is 36.1. The zero-order valence-corrected chi connectivity index (χ0v) is 12.4. The third-order valence-electron chi connectivity index (χ3n) is 3.49. The number of hydrogen-bond donors (Lipinski definition) is 1. The van der Waals surface area contributed by atoms with E-state index in [2.05, 4.69) is 0 Å². The van der Waals surface area contributed by atoms with E-state index in [9.17, 15) is 19.7 Å². The van der Waals surface area contributed by atoms with E-state index in [-0.39, 0.29) is 33.1 Å². The zero-order chi connectivity index (χ0) is 16.7. The Bertz CT molecular complexity index is 859. The summed E-state index contributed by atoms with van der Waals surface area (Å²) in [5, 5.41) is 10.9. The highest BCUT2D eigenvalue weighted by molar-refractivity contribution is 7.80. The van der Waals surface area contributed by atoms with E-state index < -0.39 is 16.7 Å². The minimum atomic E-state index is -0.603. The number of fused-ring (bicyclic) bond motifs is 1. The van der Waals surface area contributed by atoms with Gasteiger partial charge in [0.2, 0.25) is 0 Å². The van der Waals surface area contributed by atoms with Gasteiger partial charge in [0.25, 0.3) is 17.5 Å². The molecule has 1 aliphatic rings. The average molecular weight is 327 g/mol. The number of hydrogen-bond acceptors (Lipinski definition) is 5. The third kappa shape index (κ3) is 2.25. The van der Waals surface area contributed by atoms with Crippen LogP contribution in [0.5, 0.6) is 0 Å². The number of imide groups is 1. The maximum atomic E-state index is 12.5. The first kappa shape index (κ1) is 14.8. The van der Waals surface area contributed by atoms with Gasteiger partial charge < -0.3 is 5.73 Å². The summed E-state index contributed by atoms with van der Waals surface area (Å²) in [6.45, 7) is 0. The fraction of sp³-hybridized carbons (Fsp3) is 0. The number of thiocarbonyl (C=S) groups is 1. The maximum absolute atomic E-state index is 12.5. The Morgan fingerprint density at radius 3 is 2.13 bits per heavy atom. The number of rotatable bonds is 3. The highest BCUT2D eigenvalue weighted by atomic mass is 32.1. The fourth-order valence-electron chi connectivity index (χ4n) is 2.44. The molecule has 2 aromatic rings. The third-order valence-corrected chi connectivity index (χ3v) is 3.71.